The van der Waals surface area contributed by atoms with E-state index in [4.69, 9.17) is 16.3 Å². The Kier molecular flexibility index (Phi) is 6.62. The number of carbonyl (C=O) groups excluding carboxylic acids is 2. The van der Waals surface area contributed by atoms with E-state index in [1.54, 1.807) is 25.9 Å². The number of allylic oxidation sites excluding steroid dienone is 1. The molecular weight excluding hydrogens is 492 g/mol. The Bertz CT molecular complexity index is 1320. The molecule has 0 spiro atoms. The third-order valence-corrected chi connectivity index (χ3v) is 7.66. The summed E-state index contributed by atoms with van der Waals surface area (Å²) in [6.45, 7) is 6.85. The Morgan fingerprint density at radius 1 is 1.24 bits per heavy atom. The fourth-order valence-electron chi connectivity index (χ4n) is 5.95. The van der Waals surface area contributed by atoms with Crippen LogP contribution in [-0.4, -0.2) is 80.5 Å². The van der Waals surface area contributed by atoms with Gasteiger partial charge in [-0.2, -0.15) is 0 Å². The number of likely N-dealkylation sites (N-methyl/N-ethyl adjacent to an activating group) is 1. The van der Waals surface area contributed by atoms with Crippen LogP contribution in [-0.2, 0) is 16.1 Å². The number of Topliss-reactive ketones (excluding diaryl/α,β-unsaturated/α-hetero) is 2. The SMILES string of the molecule is C/C(=N\OC(C)(C)C)c1cc(N)c(O)c2c1C[C@H]1CC3[C@H](N(C)C)C(O)=C(CN)C(=O)[C@@]3(O)C(O)=C1C2=O. The number of phenols is 1. The second-order valence-electron chi connectivity index (χ2n) is 11.5. The number of nitrogens with zero attached hydrogens (tertiary/aromatic N) is 2. The molecule has 0 heterocycles. The van der Waals surface area contributed by atoms with Crippen molar-refractivity contribution in [2.45, 2.75) is 57.8 Å². The summed E-state index contributed by atoms with van der Waals surface area (Å²) in [6, 6.07) is 0.689. The molecule has 0 saturated carbocycles. The lowest BCUT2D eigenvalue weighted by atomic mass is 9.58. The van der Waals surface area contributed by atoms with Crippen LogP contribution in [0, 0.1) is 11.8 Å². The van der Waals surface area contributed by atoms with Gasteiger partial charge in [-0.1, -0.05) is 5.16 Å². The highest BCUT2D eigenvalue weighted by Crippen LogP contribution is 2.52. The van der Waals surface area contributed by atoms with Gasteiger partial charge in [0.1, 0.15) is 22.9 Å². The first kappa shape index (κ1) is 27.6. The van der Waals surface area contributed by atoms with Gasteiger partial charge in [-0.3, -0.25) is 14.5 Å². The quantitative estimate of drug-likeness (QED) is 0.145. The zero-order chi connectivity index (χ0) is 28.5. The molecule has 0 fully saturated rings. The van der Waals surface area contributed by atoms with E-state index >= 15 is 0 Å². The second kappa shape index (κ2) is 9.11. The average Bonchev–Trinajstić information content (AvgIpc) is 2.81. The van der Waals surface area contributed by atoms with Gasteiger partial charge in [-0.15, -0.1) is 0 Å². The van der Waals surface area contributed by atoms with Crippen LogP contribution in [0.1, 0.15) is 55.6 Å². The Hall–Kier alpha value is -3.41. The zero-order valence-electron chi connectivity index (χ0n) is 22.5. The summed E-state index contributed by atoms with van der Waals surface area (Å²) >= 11 is 0. The number of anilines is 1. The largest absolute Gasteiger partial charge is 0.510 e. The summed E-state index contributed by atoms with van der Waals surface area (Å²) < 4.78 is 0. The standard InChI is InChI=1S/C27H36N4O7/c1-11(30-38-26(2,3)4)13-9-17(29)22(33)19-14(13)7-12-8-16-20(31(5)6)21(32)15(10-28)24(35)27(16,37)25(36)18(12)23(19)34/h9,12,16,20,32-33,36-37H,7-8,10,28-29H2,1-6H3/b30-11+/t12-,16?,20-,27+/m0/s1. The number of aliphatic hydroxyl groups is 3. The van der Waals surface area contributed by atoms with Gasteiger partial charge < -0.3 is 36.7 Å². The van der Waals surface area contributed by atoms with Crippen molar-refractivity contribution in [2.24, 2.45) is 22.7 Å². The molecule has 0 aliphatic heterocycles. The number of nitrogen functional groups attached to an aromatic ring is 1. The minimum Gasteiger partial charge on any atom is -0.510 e. The van der Waals surface area contributed by atoms with Crippen LogP contribution in [0.25, 0.3) is 0 Å². The number of phenolic OH excluding ortho intramolecular Hbond substituents is 1. The summed E-state index contributed by atoms with van der Waals surface area (Å²) in [6.07, 6.45) is 0.276. The number of oxime groups is 1. The van der Waals surface area contributed by atoms with Gasteiger partial charge in [-0.25, -0.2) is 0 Å². The highest BCUT2D eigenvalue weighted by molar-refractivity contribution is 6.18. The van der Waals surface area contributed by atoms with E-state index in [1.807, 2.05) is 20.8 Å². The molecule has 1 aromatic rings. The van der Waals surface area contributed by atoms with E-state index in [9.17, 15) is 30.0 Å². The number of fused-ring (bicyclic) bond motifs is 3. The van der Waals surface area contributed by atoms with E-state index in [0.29, 0.717) is 16.8 Å². The second-order valence-corrected chi connectivity index (χ2v) is 11.5. The van der Waals surface area contributed by atoms with Crippen molar-refractivity contribution in [2.75, 3.05) is 26.4 Å². The van der Waals surface area contributed by atoms with Crippen molar-refractivity contribution >= 4 is 23.0 Å². The van der Waals surface area contributed by atoms with Crippen LogP contribution in [0.4, 0.5) is 5.69 Å². The minimum atomic E-state index is -2.47. The Morgan fingerprint density at radius 2 is 1.87 bits per heavy atom. The molecule has 11 nitrogen and oxygen atoms in total. The monoisotopic (exact) mass is 528 g/mol. The van der Waals surface area contributed by atoms with E-state index < -0.39 is 52.2 Å². The summed E-state index contributed by atoms with van der Waals surface area (Å²) in [7, 11) is 3.35. The van der Waals surface area contributed by atoms with Crippen molar-refractivity contribution in [3.05, 3.63) is 45.4 Å². The lowest BCUT2D eigenvalue weighted by molar-refractivity contribution is -0.147. The molecule has 0 radical (unpaired) electrons. The van der Waals surface area contributed by atoms with Gasteiger partial charge in [-0.05, 0) is 72.2 Å². The topological polar surface area (TPSA) is 192 Å². The molecule has 1 aromatic carbocycles. The molecule has 4 atom stereocenters. The van der Waals surface area contributed by atoms with E-state index in [1.165, 1.54) is 6.07 Å². The van der Waals surface area contributed by atoms with E-state index in [0.717, 1.165) is 0 Å². The third kappa shape index (κ3) is 3.96. The first-order chi connectivity index (χ1) is 17.6. The van der Waals surface area contributed by atoms with Crippen molar-refractivity contribution < 1.29 is 34.9 Å². The summed E-state index contributed by atoms with van der Waals surface area (Å²) in [4.78, 5) is 34.4. The molecule has 3 aliphatic carbocycles. The number of ketones is 2. The maximum absolute atomic E-state index is 13.9. The Morgan fingerprint density at radius 3 is 2.42 bits per heavy atom. The molecular formula is C27H36N4O7. The summed E-state index contributed by atoms with van der Waals surface area (Å²) in [5, 5.41) is 49.1. The lowest BCUT2D eigenvalue weighted by Gasteiger charge is -2.50. The van der Waals surface area contributed by atoms with Crippen LogP contribution in [0.15, 0.2) is 33.9 Å². The van der Waals surface area contributed by atoms with Crippen molar-refractivity contribution in [1.29, 1.82) is 0 Å². The molecule has 4 rings (SSSR count). The maximum Gasteiger partial charge on any atom is 0.203 e. The van der Waals surface area contributed by atoms with Gasteiger partial charge in [0, 0.05) is 23.6 Å². The normalized spacial score (nSPS) is 27.9. The third-order valence-electron chi connectivity index (χ3n) is 7.66. The summed E-state index contributed by atoms with van der Waals surface area (Å²) in [5.41, 5.74) is 9.60. The van der Waals surface area contributed by atoms with Gasteiger partial charge in [0.05, 0.1) is 28.6 Å². The van der Waals surface area contributed by atoms with Crippen LogP contribution in [0.5, 0.6) is 5.75 Å². The van der Waals surface area contributed by atoms with Crippen molar-refractivity contribution in [1.82, 2.24) is 4.90 Å². The van der Waals surface area contributed by atoms with Crippen LogP contribution < -0.4 is 11.5 Å². The number of carbonyl (C=O) groups is 2. The van der Waals surface area contributed by atoms with Crippen molar-refractivity contribution in [3.63, 3.8) is 0 Å². The minimum absolute atomic E-state index is 0.0666. The number of aromatic hydroxyl groups is 1. The fraction of sp³-hybridized carbons (Fsp3) is 0.519. The molecule has 3 aliphatic rings. The number of hydrogen-bond acceptors (Lipinski definition) is 11. The zero-order valence-corrected chi connectivity index (χ0v) is 22.5. The molecule has 8 N–H and O–H groups in total. The number of aliphatic hydroxyl groups excluding tert-OH is 2. The molecule has 11 heteroatoms. The molecule has 38 heavy (non-hydrogen) atoms. The van der Waals surface area contributed by atoms with Crippen LogP contribution in [0.2, 0.25) is 0 Å². The molecule has 0 saturated heterocycles. The number of benzene rings is 1. The molecule has 0 amide bonds. The van der Waals surface area contributed by atoms with E-state index in [2.05, 4.69) is 5.16 Å². The molecule has 0 aromatic heterocycles. The van der Waals surface area contributed by atoms with Gasteiger partial charge in [0.25, 0.3) is 0 Å². The average molecular weight is 529 g/mol. The number of hydrogen-bond donors (Lipinski definition) is 6. The maximum atomic E-state index is 13.9. The lowest BCUT2D eigenvalue weighted by Crippen LogP contribution is -2.63. The Balaban J connectivity index is 1.93. The van der Waals surface area contributed by atoms with E-state index in [-0.39, 0.29) is 47.5 Å². The first-order valence-electron chi connectivity index (χ1n) is 12.5. The predicted molar refractivity (Wildman–Crippen MR) is 141 cm³/mol. The number of rotatable bonds is 4. The highest BCUT2D eigenvalue weighted by Gasteiger charge is 2.62. The first-order valence-corrected chi connectivity index (χ1v) is 12.5. The molecule has 1 unspecified atom stereocenters. The molecule has 0 bridgehead atoms. The smallest absolute Gasteiger partial charge is 0.203 e. The number of nitrogens with two attached hydrogens (primary N) is 2. The van der Waals surface area contributed by atoms with Gasteiger partial charge in [0.15, 0.2) is 11.4 Å². The predicted octanol–water partition coefficient (Wildman–Crippen LogP) is 1.72. The highest BCUT2D eigenvalue weighted by atomic mass is 16.6. The van der Waals surface area contributed by atoms with Gasteiger partial charge >= 0.3 is 0 Å². The Labute approximate surface area is 221 Å². The molecule has 206 valence electrons. The summed E-state index contributed by atoms with van der Waals surface area (Å²) in [5.74, 6) is -4.76. The van der Waals surface area contributed by atoms with Crippen LogP contribution in [0.3, 0.4) is 0 Å². The fourth-order valence-corrected chi connectivity index (χ4v) is 5.95. The van der Waals surface area contributed by atoms with Gasteiger partial charge in [0.2, 0.25) is 5.78 Å². The van der Waals surface area contributed by atoms with Crippen molar-refractivity contribution in [3.8, 4) is 5.75 Å². The van der Waals surface area contributed by atoms with Crippen LogP contribution >= 0.6 is 0 Å².